The number of esters is 1. The van der Waals surface area contributed by atoms with Gasteiger partial charge in [0, 0.05) is 19.7 Å². The van der Waals surface area contributed by atoms with Crippen molar-refractivity contribution in [2.45, 2.75) is 6.61 Å². The molecule has 4 rings (SSSR count). The first-order chi connectivity index (χ1) is 14.9. The molecule has 31 heavy (non-hydrogen) atoms. The zero-order chi connectivity index (χ0) is 22.0. The molecule has 0 bridgehead atoms. The number of hydrogen-bond acceptors (Lipinski definition) is 4. The van der Waals surface area contributed by atoms with Crippen molar-refractivity contribution in [3.05, 3.63) is 101 Å². The van der Waals surface area contributed by atoms with Crippen LogP contribution in [0.3, 0.4) is 0 Å². The molecule has 1 heterocycles. The minimum atomic E-state index is -0.486. The summed E-state index contributed by atoms with van der Waals surface area (Å²) in [5, 5.41) is 0.651. The molecule has 0 saturated heterocycles. The molecule has 0 atom stereocenters. The lowest BCUT2D eigenvalue weighted by molar-refractivity contribution is -0.129. The third kappa shape index (κ3) is 5.39. The van der Waals surface area contributed by atoms with Gasteiger partial charge in [-0.15, -0.1) is 0 Å². The summed E-state index contributed by atoms with van der Waals surface area (Å²) in [6.07, 6.45) is 1.68. The Kier molecular flexibility index (Phi) is 7.15. The lowest BCUT2D eigenvalue weighted by Gasteiger charge is -2.12. The van der Waals surface area contributed by atoms with Gasteiger partial charge in [0.2, 0.25) is 5.90 Å². The van der Waals surface area contributed by atoms with E-state index < -0.39 is 5.97 Å². The Morgan fingerprint density at radius 3 is 2.42 bits per heavy atom. The van der Waals surface area contributed by atoms with Crippen LogP contribution in [-0.2, 0) is 16.1 Å². The molecule has 156 valence electrons. The number of cyclic esters (lactones) is 1. The molecule has 0 N–H and O–H groups in total. The van der Waals surface area contributed by atoms with E-state index in [9.17, 15) is 4.79 Å². The number of rotatable bonds is 5. The summed E-state index contributed by atoms with van der Waals surface area (Å²) in [4.78, 5) is 16.6. The summed E-state index contributed by atoms with van der Waals surface area (Å²) >= 11 is 15.5. The van der Waals surface area contributed by atoms with Gasteiger partial charge >= 0.3 is 5.97 Å². The maximum atomic E-state index is 12.3. The monoisotopic (exact) mass is 671 g/mol. The van der Waals surface area contributed by atoms with Gasteiger partial charge in [-0.2, -0.15) is 0 Å². The summed E-state index contributed by atoms with van der Waals surface area (Å²) in [6.45, 7) is 0.327. The van der Waals surface area contributed by atoms with Crippen molar-refractivity contribution in [3.8, 4) is 5.75 Å². The molecule has 0 unspecified atom stereocenters. The molecule has 3 aromatic carbocycles. The SMILES string of the molecule is O=C1OC(c2ccc(I)cc2)=N/C1=C\c1cc(Br)c(OCc2ccccc2Cl)c(Br)c1. The first-order valence-corrected chi connectivity index (χ1v) is 12.1. The highest BCUT2D eigenvalue weighted by atomic mass is 127. The van der Waals surface area contributed by atoms with E-state index >= 15 is 0 Å². The zero-order valence-electron chi connectivity index (χ0n) is 15.7. The highest BCUT2D eigenvalue weighted by molar-refractivity contribution is 14.1. The second kappa shape index (κ2) is 9.85. The zero-order valence-corrected chi connectivity index (χ0v) is 21.8. The standard InChI is InChI=1S/C23H13Br2ClINO3/c24-17-9-13(10-18(25)21(17)30-12-15-3-1-2-4-19(15)26)11-20-23(29)31-22(28-20)14-5-7-16(27)8-6-14/h1-11H,12H2/b20-11-. The van der Waals surface area contributed by atoms with Gasteiger partial charge in [0.05, 0.1) is 8.95 Å². The van der Waals surface area contributed by atoms with Gasteiger partial charge in [-0.1, -0.05) is 29.8 Å². The van der Waals surface area contributed by atoms with E-state index in [1.165, 1.54) is 0 Å². The van der Waals surface area contributed by atoms with E-state index in [1.807, 2.05) is 60.7 Å². The number of benzene rings is 3. The molecule has 3 aromatic rings. The van der Waals surface area contributed by atoms with E-state index in [-0.39, 0.29) is 5.70 Å². The van der Waals surface area contributed by atoms with E-state index in [4.69, 9.17) is 21.1 Å². The molecule has 0 aliphatic carbocycles. The number of carbonyl (C=O) groups is 1. The van der Waals surface area contributed by atoms with Crippen LogP contribution in [0.5, 0.6) is 5.75 Å². The number of hydrogen-bond donors (Lipinski definition) is 0. The molecule has 0 spiro atoms. The van der Waals surface area contributed by atoms with Gasteiger partial charge in [0.25, 0.3) is 0 Å². The van der Waals surface area contributed by atoms with Crippen molar-refractivity contribution < 1.29 is 14.3 Å². The van der Waals surface area contributed by atoms with Crippen molar-refractivity contribution in [1.82, 2.24) is 0 Å². The van der Waals surface area contributed by atoms with Gasteiger partial charge in [-0.05, 0) is 109 Å². The Bertz CT molecular complexity index is 1200. The number of aliphatic imine (C=N–C) groups is 1. The van der Waals surface area contributed by atoms with Crippen molar-refractivity contribution in [2.24, 2.45) is 4.99 Å². The highest BCUT2D eigenvalue weighted by Gasteiger charge is 2.24. The molecular formula is C23H13Br2ClINO3. The maximum Gasteiger partial charge on any atom is 0.363 e. The van der Waals surface area contributed by atoms with E-state index in [0.717, 1.165) is 29.2 Å². The first-order valence-electron chi connectivity index (χ1n) is 9.04. The molecule has 4 nitrogen and oxygen atoms in total. The summed E-state index contributed by atoms with van der Waals surface area (Å²) in [7, 11) is 0. The molecule has 0 saturated carbocycles. The largest absolute Gasteiger partial charge is 0.486 e. The lowest BCUT2D eigenvalue weighted by atomic mass is 10.2. The van der Waals surface area contributed by atoms with Crippen LogP contribution in [0.4, 0.5) is 0 Å². The molecule has 0 aromatic heterocycles. The van der Waals surface area contributed by atoms with E-state index in [1.54, 1.807) is 6.08 Å². The molecule has 0 fully saturated rings. The van der Waals surface area contributed by atoms with Gasteiger partial charge < -0.3 is 9.47 Å². The lowest BCUT2D eigenvalue weighted by Crippen LogP contribution is -2.05. The molecule has 0 amide bonds. The number of nitrogens with zero attached hydrogens (tertiary/aromatic N) is 1. The van der Waals surface area contributed by atoms with Crippen LogP contribution in [0.15, 0.2) is 80.3 Å². The Morgan fingerprint density at radius 2 is 1.74 bits per heavy atom. The minimum Gasteiger partial charge on any atom is -0.486 e. The molecule has 1 aliphatic heterocycles. The first kappa shape index (κ1) is 22.5. The average Bonchev–Trinajstić information content (AvgIpc) is 3.09. The predicted octanol–water partition coefficient (Wildman–Crippen LogP) is 7.39. The van der Waals surface area contributed by atoms with Crippen molar-refractivity contribution in [1.29, 1.82) is 0 Å². The van der Waals surface area contributed by atoms with E-state index in [0.29, 0.717) is 23.3 Å². The second-order valence-electron chi connectivity index (χ2n) is 6.54. The molecular weight excluding hydrogens is 660 g/mol. The Balaban J connectivity index is 1.56. The summed E-state index contributed by atoms with van der Waals surface area (Å²) in [6, 6.07) is 18.8. The number of carbonyl (C=O) groups excluding carboxylic acids is 1. The fraction of sp³-hybridized carbons (Fsp3) is 0.0435. The topological polar surface area (TPSA) is 47.9 Å². The fourth-order valence-corrected chi connectivity index (χ4v) is 4.85. The number of ether oxygens (including phenoxy) is 2. The van der Waals surface area contributed by atoms with Crippen molar-refractivity contribution in [3.63, 3.8) is 0 Å². The second-order valence-corrected chi connectivity index (χ2v) is 9.90. The van der Waals surface area contributed by atoms with Crippen LogP contribution in [0.2, 0.25) is 5.02 Å². The van der Waals surface area contributed by atoms with Crippen molar-refractivity contribution in [2.75, 3.05) is 0 Å². The smallest absolute Gasteiger partial charge is 0.363 e. The van der Waals surface area contributed by atoms with Crippen LogP contribution in [0, 0.1) is 3.57 Å². The van der Waals surface area contributed by atoms with Gasteiger partial charge in [0.15, 0.2) is 5.70 Å². The fourth-order valence-electron chi connectivity index (χ4n) is 2.85. The molecule has 1 aliphatic rings. The van der Waals surface area contributed by atoms with Crippen LogP contribution in [-0.4, -0.2) is 11.9 Å². The highest BCUT2D eigenvalue weighted by Crippen LogP contribution is 2.36. The minimum absolute atomic E-state index is 0.233. The predicted molar refractivity (Wildman–Crippen MR) is 137 cm³/mol. The normalized spacial score (nSPS) is 14.5. The third-order valence-electron chi connectivity index (χ3n) is 4.37. The molecule has 0 radical (unpaired) electrons. The molecule has 8 heteroatoms. The van der Waals surface area contributed by atoms with Crippen LogP contribution >= 0.6 is 66.1 Å². The van der Waals surface area contributed by atoms with Gasteiger partial charge in [0.1, 0.15) is 12.4 Å². The Labute approximate surface area is 214 Å². The van der Waals surface area contributed by atoms with E-state index in [2.05, 4.69) is 59.4 Å². The van der Waals surface area contributed by atoms with Crippen molar-refractivity contribution >= 4 is 84.0 Å². The summed E-state index contributed by atoms with van der Waals surface area (Å²) < 4.78 is 13.8. The quantitative estimate of drug-likeness (QED) is 0.161. The van der Waals surface area contributed by atoms with Gasteiger partial charge in [-0.25, -0.2) is 9.79 Å². The van der Waals surface area contributed by atoms with Crippen LogP contribution < -0.4 is 4.74 Å². The van der Waals surface area contributed by atoms with Crippen LogP contribution in [0.25, 0.3) is 6.08 Å². The Hall–Kier alpha value is -1.68. The summed E-state index contributed by atoms with van der Waals surface area (Å²) in [5.41, 5.74) is 2.64. The Morgan fingerprint density at radius 1 is 1.06 bits per heavy atom. The average molecular weight is 674 g/mol. The third-order valence-corrected chi connectivity index (χ3v) is 6.63. The maximum absolute atomic E-state index is 12.3. The van der Waals surface area contributed by atoms with Gasteiger partial charge in [-0.3, -0.25) is 0 Å². The van der Waals surface area contributed by atoms with Crippen LogP contribution in [0.1, 0.15) is 16.7 Å². The summed E-state index contributed by atoms with van der Waals surface area (Å²) in [5.74, 6) is 0.449. The number of halogens is 4.